The Morgan fingerprint density at radius 3 is 2.65 bits per heavy atom. The first-order valence-corrected chi connectivity index (χ1v) is 5.98. The predicted octanol–water partition coefficient (Wildman–Crippen LogP) is 1.61. The fraction of sp³-hybridized carbons (Fsp3) is 0.385. The minimum Gasteiger partial charge on any atom is -0.480 e. The van der Waals surface area contributed by atoms with Crippen molar-refractivity contribution >= 4 is 11.9 Å². The van der Waals surface area contributed by atoms with Crippen molar-refractivity contribution in [3.63, 3.8) is 0 Å². The number of nitrogens with one attached hydrogen (secondary N) is 1. The van der Waals surface area contributed by atoms with Gasteiger partial charge in [-0.1, -0.05) is 6.07 Å². The van der Waals surface area contributed by atoms with E-state index in [1.165, 1.54) is 6.07 Å². The molecular formula is C13H12F3NO3. The van der Waals surface area contributed by atoms with Crippen LogP contribution in [0.3, 0.4) is 0 Å². The SMILES string of the molecule is O=C(O)C(CF)NC(=O)C1CC1c1ccc(F)cc1F. The van der Waals surface area contributed by atoms with Crippen LogP contribution < -0.4 is 5.32 Å². The van der Waals surface area contributed by atoms with Crippen molar-refractivity contribution in [2.75, 3.05) is 6.67 Å². The van der Waals surface area contributed by atoms with Gasteiger partial charge in [-0.2, -0.15) is 0 Å². The average molecular weight is 287 g/mol. The van der Waals surface area contributed by atoms with Crippen LogP contribution in [0.1, 0.15) is 17.9 Å². The zero-order chi connectivity index (χ0) is 14.9. The van der Waals surface area contributed by atoms with Crippen LogP contribution in [0.15, 0.2) is 18.2 Å². The Labute approximate surface area is 112 Å². The molecule has 1 aromatic carbocycles. The molecule has 0 heterocycles. The summed E-state index contributed by atoms with van der Waals surface area (Å²) in [4.78, 5) is 22.3. The largest absolute Gasteiger partial charge is 0.480 e. The Hall–Kier alpha value is -2.05. The van der Waals surface area contributed by atoms with Gasteiger partial charge in [0.1, 0.15) is 18.3 Å². The number of benzene rings is 1. The van der Waals surface area contributed by atoms with E-state index in [2.05, 4.69) is 0 Å². The van der Waals surface area contributed by atoms with Crippen LogP contribution in [-0.2, 0) is 9.59 Å². The lowest BCUT2D eigenvalue weighted by Gasteiger charge is -2.10. The van der Waals surface area contributed by atoms with Gasteiger partial charge in [0.2, 0.25) is 5.91 Å². The van der Waals surface area contributed by atoms with Gasteiger partial charge in [0.25, 0.3) is 0 Å². The predicted molar refractivity (Wildman–Crippen MR) is 62.7 cm³/mol. The van der Waals surface area contributed by atoms with E-state index < -0.39 is 48.1 Å². The molecular weight excluding hydrogens is 275 g/mol. The summed E-state index contributed by atoms with van der Waals surface area (Å²) < 4.78 is 38.7. The molecule has 1 saturated carbocycles. The summed E-state index contributed by atoms with van der Waals surface area (Å²) in [6.45, 7) is -1.22. The number of hydrogen-bond acceptors (Lipinski definition) is 2. The highest BCUT2D eigenvalue weighted by atomic mass is 19.1. The summed E-state index contributed by atoms with van der Waals surface area (Å²) in [5, 5.41) is 10.7. The number of amides is 1. The first kappa shape index (κ1) is 14.4. The molecule has 1 fully saturated rings. The number of halogens is 3. The molecule has 0 aromatic heterocycles. The Balaban J connectivity index is 2.00. The molecule has 2 rings (SSSR count). The van der Waals surface area contributed by atoms with Crippen LogP contribution >= 0.6 is 0 Å². The summed E-state index contributed by atoms with van der Waals surface area (Å²) >= 11 is 0. The molecule has 108 valence electrons. The van der Waals surface area contributed by atoms with Crippen molar-refractivity contribution in [1.29, 1.82) is 0 Å². The van der Waals surface area contributed by atoms with Gasteiger partial charge in [-0.15, -0.1) is 0 Å². The molecule has 0 bridgehead atoms. The number of carbonyl (C=O) groups excluding carboxylic acids is 1. The van der Waals surface area contributed by atoms with E-state index in [1.807, 2.05) is 5.32 Å². The van der Waals surface area contributed by atoms with Crippen LogP contribution in [0.5, 0.6) is 0 Å². The maximum Gasteiger partial charge on any atom is 0.328 e. The second kappa shape index (κ2) is 5.52. The number of hydrogen-bond donors (Lipinski definition) is 2. The van der Waals surface area contributed by atoms with E-state index >= 15 is 0 Å². The molecule has 1 aliphatic carbocycles. The van der Waals surface area contributed by atoms with Gasteiger partial charge in [0.15, 0.2) is 6.04 Å². The smallest absolute Gasteiger partial charge is 0.328 e. The summed E-state index contributed by atoms with van der Waals surface area (Å²) in [7, 11) is 0. The third-order valence-electron chi connectivity index (χ3n) is 3.26. The lowest BCUT2D eigenvalue weighted by molar-refractivity contribution is -0.142. The minimum atomic E-state index is -1.60. The highest BCUT2D eigenvalue weighted by molar-refractivity contribution is 5.87. The van der Waals surface area contributed by atoms with Crippen LogP contribution in [-0.4, -0.2) is 29.7 Å². The molecule has 0 aliphatic heterocycles. The van der Waals surface area contributed by atoms with E-state index in [0.717, 1.165) is 12.1 Å². The summed E-state index contributed by atoms with van der Waals surface area (Å²) in [6.07, 6.45) is 0.326. The van der Waals surface area contributed by atoms with Gasteiger partial charge in [-0.05, 0) is 24.0 Å². The van der Waals surface area contributed by atoms with E-state index in [4.69, 9.17) is 5.11 Å². The van der Waals surface area contributed by atoms with Crippen molar-refractivity contribution in [3.05, 3.63) is 35.4 Å². The van der Waals surface area contributed by atoms with E-state index in [1.54, 1.807) is 0 Å². The highest BCUT2D eigenvalue weighted by Crippen LogP contribution is 2.48. The zero-order valence-corrected chi connectivity index (χ0v) is 10.3. The number of carboxylic acids is 1. The molecule has 2 N–H and O–H groups in total. The van der Waals surface area contributed by atoms with Crippen molar-refractivity contribution in [3.8, 4) is 0 Å². The Bertz CT molecular complexity index is 550. The number of alkyl halides is 1. The topological polar surface area (TPSA) is 66.4 Å². The minimum absolute atomic E-state index is 0.207. The second-order valence-corrected chi connectivity index (χ2v) is 4.67. The number of rotatable bonds is 5. The van der Waals surface area contributed by atoms with Gasteiger partial charge in [-0.25, -0.2) is 18.0 Å². The normalized spacial score (nSPS) is 22.1. The molecule has 1 aromatic rings. The lowest BCUT2D eigenvalue weighted by atomic mass is 10.1. The molecule has 4 nitrogen and oxygen atoms in total. The summed E-state index contributed by atoms with van der Waals surface area (Å²) in [5.74, 6) is -4.59. The third kappa shape index (κ3) is 2.92. The maximum absolute atomic E-state index is 13.5. The summed E-state index contributed by atoms with van der Waals surface area (Å²) in [5.41, 5.74) is 0.207. The van der Waals surface area contributed by atoms with Crippen molar-refractivity contribution in [2.24, 2.45) is 5.92 Å². The molecule has 1 amide bonds. The van der Waals surface area contributed by atoms with Gasteiger partial charge in [-0.3, -0.25) is 4.79 Å². The molecule has 1 aliphatic rings. The fourth-order valence-electron chi connectivity index (χ4n) is 2.08. The molecule has 0 saturated heterocycles. The third-order valence-corrected chi connectivity index (χ3v) is 3.26. The van der Waals surface area contributed by atoms with Crippen molar-refractivity contribution in [2.45, 2.75) is 18.4 Å². The molecule has 7 heteroatoms. The molecule has 0 radical (unpaired) electrons. The van der Waals surface area contributed by atoms with Crippen molar-refractivity contribution < 1.29 is 27.9 Å². The first-order chi connectivity index (χ1) is 9.43. The Kier molecular flexibility index (Phi) is 3.96. The van der Waals surface area contributed by atoms with E-state index in [9.17, 15) is 22.8 Å². The van der Waals surface area contributed by atoms with Crippen LogP contribution in [0.2, 0.25) is 0 Å². The highest BCUT2D eigenvalue weighted by Gasteiger charge is 2.46. The monoisotopic (exact) mass is 287 g/mol. The molecule has 3 unspecified atom stereocenters. The first-order valence-electron chi connectivity index (χ1n) is 5.98. The van der Waals surface area contributed by atoms with Crippen LogP contribution in [0.4, 0.5) is 13.2 Å². The lowest BCUT2D eigenvalue weighted by Crippen LogP contribution is -2.43. The van der Waals surface area contributed by atoms with Crippen LogP contribution in [0, 0.1) is 17.6 Å². The molecule has 20 heavy (non-hydrogen) atoms. The molecule has 0 spiro atoms. The number of aliphatic carboxylic acids is 1. The van der Waals surface area contributed by atoms with Gasteiger partial charge in [0.05, 0.1) is 0 Å². The van der Waals surface area contributed by atoms with Gasteiger partial charge < -0.3 is 10.4 Å². The Morgan fingerprint density at radius 2 is 2.10 bits per heavy atom. The number of carboxylic acid groups (broad SMARTS) is 1. The quantitative estimate of drug-likeness (QED) is 0.864. The van der Waals surface area contributed by atoms with Crippen molar-refractivity contribution in [1.82, 2.24) is 5.32 Å². The fourth-order valence-corrected chi connectivity index (χ4v) is 2.08. The Morgan fingerprint density at radius 1 is 1.40 bits per heavy atom. The van der Waals surface area contributed by atoms with Gasteiger partial charge in [0, 0.05) is 12.0 Å². The zero-order valence-electron chi connectivity index (χ0n) is 10.3. The van der Waals surface area contributed by atoms with E-state index in [0.29, 0.717) is 6.42 Å². The second-order valence-electron chi connectivity index (χ2n) is 4.67. The van der Waals surface area contributed by atoms with E-state index in [-0.39, 0.29) is 5.56 Å². The maximum atomic E-state index is 13.5. The van der Waals surface area contributed by atoms with Crippen LogP contribution in [0.25, 0.3) is 0 Å². The standard InChI is InChI=1S/C13H12F3NO3/c14-5-11(13(19)20)17-12(18)9-4-8(9)7-2-1-6(15)3-10(7)16/h1-3,8-9,11H,4-5H2,(H,17,18)(H,19,20). The van der Waals surface area contributed by atoms with Gasteiger partial charge >= 0.3 is 5.97 Å². The summed E-state index contributed by atoms with van der Waals surface area (Å²) in [6, 6.07) is 1.48. The average Bonchev–Trinajstić information content (AvgIpc) is 3.15. The molecule has 3 atom stereocenters. The number of carbonyl (C=O) groups is 2.